The first-order chi connectivity index (χ1) is 10.2. The molecule has 3 rings (SSSR count). The summed E-state index contributed by atoms with van der Waals surface area (Å²) in [5.74, 6) is 2.13. The Bertz CT molecular complexity index is 702. The van der Waals surface area contributed by atoms with E-state index in [-0.39, 0.29) is 0 Å². The molecule has 0 saturated carbocycles. The van der Waals surface area contributed by atoms with Gasteiger partial charge in [0.05, 0.1) is 0 Å². The second kappa shape index (κ2) is 6.05. The van der Waals surface area contributed by atoms with Crippen LogP contribution < -0.4 is 5.32 Å². The summed E-state index contributed by atoms with van der Waals surface area (Å²) in [6.07, 6.45) is 3.60. The van der Waals surface area contributed by atoms with Gasteiger partial charge in [-0.1, -0.05) is 38.1 Å². The van der Waals surface area contributed by atoms with Crippen LogP contribution >= 0.6 is 11.5 Å². The first-order valence-electron chi connectivity index (χ1n) is 6.89. The Balaban J connectivity index is 1.76. The lowest BCUT2D eigenvalue weighted by atomic mass is 10.1. The SMILES string of the molecule is CC(C)c1nsc(NCc2ccccc2-c2ncc[nH]2)n1. The summed E-state index contributed by atoms with van der Waals surface area (Å²) < 4.78 is 4.35. The molecule has 1 aromatic carbocycles. The number of hydrogen-bond donors (Lipinski definition) is 2. The van der Waals surface area contributed by atoms with Crippen LogP contribution in [0, 0.1) is 0 Å². The second-order valence-corrected chi connectivity index (χ2v) is 5.81. The number of benzene rings is 1. The van der Waals surface area contributed by atoms with Crippen LogP contribution in [0.25, 0.3) is 11.4 Å². The molecule has 2 aromatic heterocycles. The lowest BCUT2D eigenvalue weighted by Gasteiger charge is -2.07. The zero-order valence-electron chi connectivity index (χ0n) is 12.0. The molecule has 0 aliphatic heterocycles. The number of nitrogens with one attached hydrogen (secondary N) is 2. The predicted octanol–water partition coefficient (Wildman–Crippen LogP) is 3.66. The molecule has 0 atom stereocenters. The molecule has 0 spiro atoms. The molecule has 3 aromatic rings. The van der Waals surface area contributed by atoms with E-state index in [4.69, 9.17) is 0 Å². The zero-order chi connectivity index (χ0) is 14.7. The molecule has 0 aliphatic carbocycles. The number of aromatic amines is 1. The highest BCUT2D eigenvalue weighted by molar-refractivity contribution is 7.09. The fourth-order valence-electron chi connectivity index (χ4n) is 2.03. The normalized spacial score (nSPS) is 11.0. The van der Waals surface area contributed by atoms with Crippen LogP contribution in [0.4, 0.5) is 5.13 Å². The Hall–Kier alpha value is -2.21. The minimum atomic E-state index is 0.354. The maximum absolute atomic E-state index is 4.49. The van der Waals surface area contributed by atoms with Crippen molar-refractivity contribution < 1.29 is 0 Å². The third-order valence-corrected chi connectivity index (χ3v) is 3.85. The van der Waals surface area contributed by atoms with E-state index in [9.17, 15) is 0 Å². The predicted molar refractivity (Wildman–Crippen MR) is 85.3 cm³/mol. The van der Waals surface area contributed by atoms with E-state index in [2.05, 4.69) is 50.6 Å². The molecule has 2 heterocycles. The fraction of sp³-hybridized carbons (Fsp3) is 0.267. The molecule has 21 heavy (non-hydrogen) atoms. The van der Waals surface area contributed by atoms with Crippen molar-refractivity contribution in [2.75, 3.05) is 5.32 Å². The Kier molecular flexibility index (Phi) is 3.96. The van der Waals surface area contributed by atoms with Gasteiger partial charge in [-0.2, -0.15) is 4.37 Å². The van der Waals surface area contributed by atoms with E-state index >= 15 is 0 Å². The van der Waals surface area contributed by atoms with Crippen LogP contribution in [0.2, 0.25) is 0 Å². The molecule has 0 aliphatic rings. The Labute approximate surface area is 127 Å². The molecule has 0 fully saturated rings. The van der Waals surface area contributed by atoms with Crippen molar-refractivity contribution in [3.63, 3.8) is 0 Å². The smallest absolute Gasteiger partial charge is 0.202 e. The van der Waals surface area contributed by atoms with Crippen LogP contribution in [0.3, 0.4) is 0 Å². The van der Waals surface area contributed by atoms with E-state index in [0.717, 1.165) is 22.3 Å². The van der Waals surface area contributed by atoms with Crippen LogP contribution in [0.15, 0.2) is 36.7 Å². The summed E-state index contributed by atoms with van der Waals surface area (Å²) >= 11 is 1.40. The van der Waals surface area contributed by atoms with Gasteiger partial charge < -0.3 is 10.3 Å². The number of imidazole rings is 1. The minimum Gasteiger partial charge on any atom is -0.356 e. The lowest BCUT2D eigenvalue weighted by Crippen LogP contribution is -2.01. The topological polar surface area (TPSA) is 66.5 Å². The van der Waals surface area contributed by atoms with Gasteiger partial charge in [-0.05, 0) is 5.56 Å². The van der Waals surface area contributed by atoms with Crippen molar-refractivity contribution >= 4 is 16.7 Å². The monoisotopic (exact) mass is 299 g/mol. The summed E-state index contributed by atoms with van der Waals surface area (Å²) in [5.41, 5.74) is 2.28. The fourth-order valence-corrected chi connectivity index (χ4v) is 2.73. The molecule has 0 saturated heterocycles. The van der Waals surface area contributed by atoms with E-state index < -0.39 is 0 Å². The number of hydrogen-bond acceptors (Lipinski definition) is 5. The van der Waals surface area contributed by atoms with Crippen molar-refractivity contribution in [3.05, 3.63) is 48.0 Å². The van der Waals surface area contributed by atoms with E-state index in [1.54, 1.807) is 6.20 Å². The first kappa shape index (κ1) is 13.8. The standard InChI is InChI=1S/C15H17N5S/c1-10(2)13-19-15(21-20-13)18-9-11-5-3-4-6-12(11)14-16-7-8-17-14/h3-8,10H,9H2,1-2H3,(H,16,17)(H,18,19,20). The third-order valence-electron chi connectivity index (χ3n) is 3.16. The van der Waals surface area contributed by atoms with Crippen molar-refractivity contribution in [2.24, 2.45) is 0 Å². The molecule has 0 unspecified atom stereocenters. The number of aromatic nitrogens is 4. The van der Waals surface area contributed by atoms with Crippen molar-refractivity contribution in [1.29, 1.82) is 0 Å². The maximum Gasteiger partial charge on any atom is 0.202 e. The van der Waals surface area contributed by atoms with E-state index in [1.807, 2.05) is 18.3 Å². The van der Waals surface area contributed by atoms with Gasteiger partial charge in [-0.3, -0.25) is 0 Å². The number of nitrogens with zero attached hydrogens (tertiary/aromatic N) is 3. The molecule has 0 radical (unpaired) electrons. The molecule has 108 valence electrons. The molecule has 2 N–H and O–H groups in total. The molecule has 0 amide bonds. The van der Waals surface area contributed by atoms with Gasteiger partial charge in [0.15, 0.2) is 0 Å². The highest BCUT2D eigenvalue weighted by Crippen LogP contribution is 2.22. The zero-order valence-corrected chi connectivity index (χ0v) is 12.8. The number of H-pyrrole nitrogens is 1. The van der Waals surface area contributed by atoms with E-state index in [1.165, 1.54) is 17.1 Å². The molecule has 5 nitrogen and oxygen atoms in total. The summed E-state index contributed by atoms with van der Waals surface area (Å²) in [7, 11) is 0. The maximum atomic E-state index is 4.49. The van der Waals surface area contributed by atoms with Crippen LogP contribution in [0.1, 0.15) is 31.2 Å². The van der Waals surface area contributed by atoms with Gasteiger partial charge in [0.1, 0.15) is 11.6 Å². The van der Waals surface area contributed by atoms with Crippen molar-refractivity contribution in [3.8, 4) is 11.4 Å². The van der Waals surface area contributed by atoms with Crippen molar-refractivity contribution in [2.45, 2.75) is 26.3 Å². The summed E-state index contributed by atoms with van der Waals surface area (Å²) in [5, 5.41) is 4.20. The number of anilines is 1. The van der Waals surface area contributed by atoms with Gasteiger partial charge in [0.2, 0.25) is 5.13 Å². The van der Waals surface area contributed by atoms with Gasteiger partial charge in [-0.25, -0.2) is 9.97 Å². The quantitative estimate of drug-likeness (QED) is 0.754. The third kappa shape index (κ3) is 3.11. The first-order valence-corrected chi connectivity index (χ1v) is 7.66. The summed E-state index contributed by atoms with van der Waals surface area (Å²) in [4.78, 5) is 12.0. The second-order valence-electron chi connectivity index (χ2n) is 5.06. The van der Waals surface area contributed by atoms with Gasteiger partial charge >= 0.3 is 0 Å². The number of rotatable bonds is 5. The van der Waals surface area contributed by atoms with Gasteiger partial charge in [-0.15, -0.1) is 0 Å². The minimum absolute atomic E-state index is 0.354. The summed E-state index contributed by atoms with van der Waals surface area (Å²) in [6, 6.07) is 8.21. The Morgan fingerprint density at radius 1 is 1.29 bits per heavy atom. The lowest BCUT2D eigenvalue weighted by molar-refractivity contribution is 0.799. The molecule has 6 heteroatoms. The highest BCUT2D eigenvalue weighted by atomic mass is 32.1. The molecular formula is C15H17N5S. The van der Waals surface area contributed by atoms with Crippen molar-refractivity contribution in [1.82, 2.24) is 19.3 Å². The van der Waals surface area contributed by atoms with Crippen LogP contribution in [0.5, 0.6) is 0 Å². The van der Waals surface area contributed by atoms with Gasteiger partial charge in [0.25, 0.3) is 0 Å². The summed E-state index contributed by atoms with van der Waals surface area (Å²) in [6.45, 7) is 4.89. The van der Waals surface area contributed by atoms with Gasteiger partial charge in [0, 0.05) is 42.0 Å². The van der Waals surface area contributed by atoms with Crippen LogP contribution in [-0.2, 0) is 6.54 Å². The average Bonchev–Trinajstić information content (AvgIpc) is 3.17. The highest BCUT2D eigenvalue weighted by Gasteiger charge is 2.09. The molecular weight excluding hydrogens is 282 g/mol. The Morgan fingerprint density at radius 3 is 2.86 bits per heavy atom. The molecule has 0 bridgehead atoms. The average molecular weight is 299 g/mol. The van der Waals surface area contributed by atoms with Crippen LogP contribution in [-0.4, -0.2) is 19.3 Å². The van der Waals surface area contributed by atoms with E-state index in [0.29, 0.717) is 12.5 Å². The Morgan fingerprint density at radius 2 is 2.14 bits per heavy atom. The largest absolute Gasteiger partial charge is 0.356 e.